The summed E-state index contributed by atoms with van der Waals surface area (Å²) in [6.07, 6.45) is -0.390. The average molecular weight is 362 g/mol. The third kappa shape index (κ3) is 6.04. The Morgan fingerprint density at radius 3 is 2.31 bits per heavy atom. The number of alkyl halides is 3. The normalized spacial score (nSPS) is 12.4. The Morgan fingerprint density at radius 1 is 1.08 bits per heavy atom. The lowest BCUT2D eigenvalue weighted by atomic mass is 10.0. The van der Waals surface area contributed by atoms with Gasteiger partial charge >= 0.3 is 6.18 Å². The van der Waals surface area contributed by atoms with E-state index >= 15 is 0 Å². The molecular weight excluding hydrogens is 341 g/mol. The number of carbonyl (C=O) groups excluding carboxylic acids is 1. The Kier molecular flexibility index (Phi) is 6.97. The zero-order chi connectivity index (χ0) is 19.0. The van der Waals surface area contributed by atoms with Crippen molar-refractivity contribution in [2.24, 2.45) is 0 Å². The highest BCUT2D eigenvalue weighted by molar-refractivity contribution is 5.93. The Labute approximate surface area is 150 Å². The second-order valence-corrected chi connectivity index (χ2v) is 5.92. The highest BCUT2D eigenvalue weighted by Gasteiger charge is 2.30. The molecule has 0 radical (unpaired) electrons. The topological polar surface area (TPSA) is 41.1 Å². The van der Waals surface area contributed by atoms with Gasteiger partial charge in [0.1, 0.15) is 0 Å². The molecule has 2 rings (SSSR count). The van der Waals surface area contributed by atoms with E-state index in [1.807, 2.05) is 30.3 Å². The predicted octanol–water partition coefficient (Wildman–Crippen LogP) is 4.52. The minimum atomic E-state index is -4.42. The van der Waals surface area contributed by atoms with Crippen molar-refractivity contribution < 1.29 is 18.0 Å². The molecule has 26 heavy (non-hydrogen) atoms. The van der Waals surface area contributed by atoms with Gasteiger partial charge in [0.15, 0.2) is 0 Å². The van der Waals surface area contributed by atoms with Crippen LogP contribution >= 0.6 is 0 Å². The van der Waals surface area contributed by atoms with Crippen molar-refractivity contribution in [3.8, 4) is 0 Å². The van der Waals surface area contributed by atoms with Gasteiger partial charge in [-0.15, -0.1) is 6.58 Å². The molecule has 0 fully saturated rings. The van der Waals surface area contributed by atoms with Gasteiger partial charge in [-0.25, -0.2) is 5.43 Å². The first-order valence-electron chi connectivity index (χ1n) is 8.28. The fourth-order valence-corrected chi connectivity index (χ4v) is 2.49. The summed E-state index contributed by atoms with van der Waals surface area (Å²) < 4.78 is 37.7. The van der Waals surface area contributed by atoms with E-state index in [1.54, 1.807) is 6.08 Å². The maximum atomic E-state index is 12.6. The Bertz CT molecular complexity index is 712. The van der Waals surface area contributed by atoms with E-state index in [-0.39, 0.29) is 11.6 Å². The molecule has 1 amide bonds. The molecule has 0 aliphatic carbocycles. The van der Waals surface area contributed by atoms with Gasteiger partial charge in [-0.3, -0.25) is 10.2 Å². The van der Waals surface area contributed by atoms with Crippen LogP contribution in [0.1, 0.15) is 34.3 Å². The molecule has 0 aliphatic rings. The number of amides is 1. The summed E-state index contributed by atoms with van der Waals surface area (Å²) in [7, 11) is 0. The monoisotopic (exact) mass is 362 g/mol. The third-order valence-corrected chi connectivity index (χ3v) is 3.94. The molecule has 0 saturated carbocycles. The van der Waals surface area contributed by atoms with E-state index in [9.17, 15) is 18.0 Å². The molecule has 138 valence electrons. The zero-order valence-electron chi connectivity index (χ0n) is 14.2. The van der Waals surface area contributed by atoms with Gasteiger partial charge in [-0.2, -0.15) is 13.2 Å². The number of hydrogen-bond donors (Lipinski definition) is 2. The summed E-state index contributed by atoms with van der Waals surface area (Å²) in [6, 6.07) is 14.0. The van der Waals surface area contributed by atoms with Gasteiger partial charge in [0, 0.05) is 11.6 Å². The molecule has 0 heterocycles. The van der Waals surface area contributed by atoms with Crippen LogP contribution in [0.5, 0.6) is 0 Å². The second kappa shape index (κ2) is 9.20. The molecule has 0 aromatic heterocycles. The number of aryl methyl sites for hydroxylation is 1. The number of carbonyl (C=O) groups is 1. The lowest BCUT2D eigenvalue weighted by molar-refractivity contribution is -0.137. The number of nitrogens with one attached hydrogen (secondary N) is 2. The van der Waals surface area contributed by atoms with E-state index < -0.39 is 17.6 Å². The first-order chi connectivity index (χ1) is 12.4. The smallest absolute Gasteiger partial charge is 0.287 e. The maximum Gasteiger partial charge on any atom is 0.416 e. The van der Waals surface area contributed by atoms with Crippen LogP contribution in [-0.4, -0.2) is 11.9 Å². The van der Waals surface area contributed by atoms with Gasteiger partial charge in [-0.05, 0) is 49.1 Å². The van der Waals surface area contributed by atoms with Gasteiger partial charge < -0.3 is 0 Å². The fourth-order valence-electron chi connectivity index (χ4n) is 2.49. The van der Waals surface area contributed by atoms with Crippen LogP contribution in [-0.2, 0) is 12.6 Å². The first-order valence-corrected chi connectivity index (χ1v) is 8.28. The largest absolute Gasteiger partial charge is 0.416 e. The Balaban J connectivity index is 1.89. The van der Waals surface area contributed by atoms with Gasteiger partial charge in [0.05, 0.1) is 5.56 Å². The van der Waals surface area contributed by atoms with Crippen LogP contribution in [0.3, 0.4) is 0 Å². The minimum Gasteiger partial charge on any atom is -0.287 e. The molecule has 2 N–H and O–H groups in total. The SMILES string of the molecule is C=CCC(CCc1ccccc1)NNC(=O)c1ccc(C(F)(F)F)cc1. The van der Waals surface area contributed by atoms with Crippen molar-refractivity contribution >= 4 is 5.91 Å². The van der Waals surface area contributed by atoms with Crippen molar-refractivity contribution in [3.05, 3.63) is 83.9 Å². The van der Waals surface area contributed by atoms with Crippen molar-refractivity contribution in [3.63, 3.8) is 0 Å². The minimum absolute atomic E-state index is 0.0221. The van der Waals surface area contributed by atoms with E-state index in [1.165, 1.54) is 5.56 Å². The van der Waals surface area contributed by atoms with Crippen LogP contribution < -0.4 is 10.9 Å². The molecule has 2 aromatic rings. The predicted molar refractivity (Wildman–Crippen MR) is 95.4 cm³/mol. The van der Waals surface area contributed by atoms with Crippen LogP contribution in [0, 0.1) is 0 Å². The molecule has 6 heteroatoms. The van der Waals surface area contributed by atoms with Gasteiger partial charge in [-0.1, -0.05) is 36.4 Å². The van der Waals surface area contributed by atoms with Crippen molar-refractivity contribution in [1.82, 2.24) is 10.9 Å². The fraction of sp³-hybridized carbons (Fsp3) is 0.250. The van der Waals surface area contributed by atoms with Crippen LogP contribution in [0.25, 0.3) is 0 Å². The highest BCUT2D eigenvalue weighted by atomic mass is 19.4. The molecule has 2 aromatic carbocycles. The van der Waals surface area contributed by atoms with E-state index in [0.717, 1.165) is 37.1 Å². The lowest BCUT2D eigenvalue weighted by Crippen LogP contribution is -2.44. The lowest BCUT2D eigenvalue weighted by Gasteiger charge is -2.18. The first kappa shape index (κ1) is 19.7. The zero-order valence-corrected chi connectivity index (χ0v) is 14.2. The molecule has 0 spiro atoms. The van der Waals surface area contributed by atoms with Crippen molar-refractivity contribution in [2.75, 3.05) is 0 Å². The summed E-state index contributed by atoms with van der Waals surface area (Å²) in [4.78, 5) is 12.1. The maximum absolute atomic E-state index is 12.6. The molecule has 1 unspecified atom stereocenters. The summed E-state index contributed by atoms with van der Waals surface area (Å²) in [5.74, 6) is -0.479. The molecule has 0 saturated heterocycles. The summed E-state index contributed by atoms with van der Waals surface area (Å²) in [6.45, 7) is 3.71. The van der Waals surface area contributed by atoms with Gasteiger partial charge in [0.25, 0.3) is 5.91 Å². The van der Waals surface area contributed by atoms with Gasteiger partial charge in [0.2, 0.25) is 0 Å². The summed E-state index contributed by atoms with van der Waals surface area (Å²) in [5.41, 5.74) is 6.07. The quantitative estimate of drug-likeness (QED) is 0.536. The highest BCUT2D eigenvalue weighted by Crippen LogP contribution is 2.29. The molecule has 1 atom stereocenters. The average Bonchev–Trinajstić information content (AvgIpc) is 2.64. The molecule has 3 nitrogen and oxygen atoms in total. The Hall–Kier alpha value is -2.60. The molecule has 0 aliphatic heterocycles. The van der Waals surface area contributed by atoms with E-state index in [2.05, 4.69) is 17.4 Å². The number of halogens is 3. The second-order valence-electron chi connectivity index (χ2n) is 5.92. The third-order valence-electron chi connectivity index (χ3n) is 3.94. The summed E-state index contributed by atoms with van der Waals surface area (Å²) >= 11 is 0. The standard InChI is InChI=1S/C20H21F3N2O/c1-2-6-18(14-9-15-7-4-3-5-8-15)24-25-19(26)16-10-12-17(13-11-16)20(21,22)23/h2-5,7-8,10-13,18,24H,1,6,9,14H2,(H,25,26). The molecule has 0 bridgehead atoms. The number of benzene rings is 2. The van der Waals surface area contributed by atoms with E-state index in [0.29, 0.717) is 6.42 Å². The van der Waals surface area contributed by atoms with Crippen molar-refractivity contribution in [1.29, 1.82) is 0 Å². The van der Waals surface area contributed by atoms with Crippen LogP contribution in [0.4, 0.5) is 13.2 Å². The molecular formula is C20H21F3N2O. The number of hydrogen-bond acceptors (Lipinski definition) is 2. The van der Waals surface area contributed by atoms with Crippen molar-refractivity contribution in [2.45, 2.75) is 31.5 Å². The number of hydrazine groups is 1. The van der Waals surface area contributed by atoms with E-state index in [4.69, 9.17) is 0 Å². The number of rotatable bonds is 8. The summed E-state index contributed by atoms with van der Waals surface area (Å²) in [5, 5.41) is 0. The van der Waals surface area contributed by atoms with Crippen LogP contribution in [0.2, 0.25) is 0 Å². The van der Waals surface area contributed by atoms with Crippen LogP contribution in [0.15, 0.2) is 67.3 Å². The Morgan fingerprint density at radius 2 is 1.73 bits per heavy atom.